The molecule has 0 heterocycles. The molecule has 0 nitrogen and oxygen atoms in total. The van der Waals surface area contributed by atoms with Gasteiger partial charge in [0.2, 0.25) is 0 Å². The van der Waals surface area contributed by atoms with Crippen LogP contribution in [0.25, 0.3) is 0 Å². The third-order valence-corrected chi connectivity index (χ3v) is 32.2. The molecule has 0 radical (unpaired) electrons. The van der Waals surface area contributed by atoms with Crippen molar-refractivity contribution in [1.82, 2.24) is 0 Å². The fourth-order valence-corrected chi connectivity index (χ4v) is 36.6. The summed E-state index contributed by atoms with van der Waals surface area (Å²) < 4.78 is 0. The van der Waals surface area contributed by atoms with E-state index in [2.05, 4.69) is 85.0 Å². The van der Waals surface area contributed by atoms with Crippen molar-refractivity contribution < 1.29 is 0 Å². The molecule has 1 unspecified atom stereocenters. The van der Waals surface area contributed by atoms with Crippen molar-refractivity contribution in [2.75, 3.05) is 0 Å². The number of hydrogen-bond donors (Lipinski definition) is 0. The lowest BCUT2D eigenvalue weighted by molar-refractivity contribution is 0.851. The first-order valence-electron chi connectivity index (χ1n) is 7.99. The minimum atomic E-state index is -1.31. The molecule has 0 aliphatic rings. The zero-order valence-corrected chi connectivity index (χ0v) is 17.6. The van der Waals surface area contributed by atoms with Crippen LogP contribution in [-0.2, 0) is 0 Å². The highest BCUT2D eigenvalue weighted by Crippen LogP contribution is 2.55. The van der Waals surface area contributed by atoms with Crippen molar-refractivity contribution >= 4 is 28.3 Å². The van der Waals surface area contributed by atoms with E-state index in [9.17, 15) is 0 Å². The Morgan fingerprint density at radius 2 is 1.15 bits per heavy atom. The zero-order valence-electron chi connectivity index (χ0n) is 14.6. The predicted octanol–water partition coefficient (Wildman–Crippen LogP) is 5.95. The summed E-state index contributed by atoms with van der Waals surface area (Å²) in [6.45, 7) is 20.2. The molecule has 3 heteroatoms. The first-order valence-corrected chi connectivity index (χ1v) is 16.2. The molecule has 0 spiro atoms. The quantitative estimate of drug-likeness (QED) is 0.448. The summed E-state index contributed by atoms with van der Waals surface area (Å²) in [4.78, 5) is 0. The first kappa shape index (κ1) is 18.1. The minimum absolute atomic E-state index is 0.885. The fourth-order valence-electron chi connectivity index (χ4n) is 3.90. The molecule has 0 aliphatic heterocycles. The van der Waals surface area contributed by atoms with Crippen LogP contribution in [-0.4, -0.2) is 15.5 Å². The lowest BCUT2D eigenvalue weighted by Gasteiger charge is -2.47. The van der Waals surface area contributed by atoms with Gasteiger partial charge in [0.1, 0.15) is 0 Å². The Morgan fingerprint density at radius 1 is 0.750 bits per heavy atom. The van der Waals surface area contributed by atoms with Crippen molar-refractivity contribution in [2.45, 2.75) is 71.3 Å². The lowest BCUT2D eigenvalue weighted by atomic mass is 10.4. The molecule has 0 aromatic heterocycles. The molecule has 1 aromatic carbocycles. The third-order valence-electron chi connectivity index (χ3n) is 4.89. The average Bonchev–Trinajstić information content (AvgIpc) is 2.35. The van der Waals surface area contributed by atoms with E-state index in [1.54, 1.807) is 5.19 Å². The van der Waals surface area contributed by atoms with Crippen LogP contribution in [0, 0.1) is 0 Å². The Labute approximate surface area is 130 Å². The summed E-state index contributed by atoms with van der Waals surface area (Å²) in [6, 6.07) is 11.3. The molecule has 1 aromatic rings. The second-order valence-electron chi connectivity index (χ2n) is 7.51. The maximum absolute atomic E-state index is 2.59. The summed E-state index contributed by atoms with van der Waals surface area (Å²) in [6.07, 6.45) is 0. The fraction of sp³-hybridized carbons (Fsp3) is 0.647. The van der Waals surface area contributed by atoms with Crippen molar-refractivity contribution in [3.8, 4) is 0 Å². The van der Waals surface area contributed by atoms with Crippen LogP contribution in [0.3, 0.4) is 0 Å². The Bertz CT molecular complexity index is 388. The second kappa shape index (κ2) is 6.90. The van der Waals surface area contributed by atoms with E-state index in [0.717, 1.165) is 16.6 Å². The minimum Gasteiger partial charge on any atom is -0.139 e. The third kappa shape index (κ3) is 3.64. The van der Waals surface area contributed by atoms with E-state index in [1.807, 2.05) is 0 Å². The maximum Gasteiger partial charge on any atom is 0.0999 e. The largest absolute Gasteiger partial charge is 0.139 e. The van der Waals surface area contributed by atoms with Crippen molar-refractivity contribution in [2.24, 2.45) is 0 Å². The van der Waals surface area contributed by atoms with E-state index >= 15 is 0 Å². The molecule has 1 atom stereocenters. The molecule has 114 valence electrons. The SMILES string of the molecule is CC(C)[Si](P[Si](C)(C)c1ccccc1)(C(C)C)C(C)C. The highest BCUT2D eigenvalue weighted by Gasteiger charge is 2.46. The van der Waals surface area contributed by atoms with E-state index < -0.39 is 15.5 Å². The van der Waals surface area contributed by atoms with E-state index in [-0.39, 0.29) is 0 Å². The molecule has 0 saturated carbocycles. The Balaban J connectivity index is 3.19. The monoisotopic (exact) mass is 324 g/mol. The van der Waals surface area contributed by atoms with Gasteiger partial charge in [0, 0.05) is 0 Å². The smallest absolute Gasteiger partial charge is 0.0999 e. The number of benzene rings is 1. The number of rotatable bonds is 6. The Kier molecular flexibility index (Phi) is 6.25. The van der Waals surface area contributed by atoms with Crippen molar-refractivity contribution in [1.29, 1.82) is 0 Å². The van der Waals surface area contributed by atoms with Crippen molar-refractivity contribution in [3.05, 3.63) is 30.3 Å². The van der Waals surface area contributed by atoms with Crippen LogP contribution in [0.5, 0.6) is 0 Å². The Morgan fingerprint density at radius 3 is 1.50 bits per heavy atom. The molecule has 0 saturated heterocycles. The molecule has 0 fully saturated rings. The van der Waals surface area contributed by atoms with Gasteiger partial charge in [-0.2, -0.15) is 0 Å². The predicted molar refractivity (Wildman–Crippen MR) is 103 cm³/mol. The number of hydrogen-bond acceptors (Lipinski definition) is 0. The molecule has 1 rings (SSSR count). The molecule has 0 N–H and O–H groups in total. The summed E-state index contributed by atoms with van der Waals surface area (Å²) in [5.74, 6) is 0. The van der Waals surface area contributed by atoms with Gasteiger partial charge in [-0.25, -0.2) is 0 Å². The molecule has 20 heavy (non-hydrogen) atoms. The Hall–Kier alpha value is 0.0838. The van der Waals surface area contributed by atoms with Crippen LogP contribution >= 0.6 is 7.68 Å². The lowest BCUT2D eigenvalue weighted by Crippen LogP contribution is -2.49. The van der Waals surface area contributed by atoms with Crippen LogP contribution < -0.4 is 5.19 Å². The van der Waals surface area contributed by atoms with Gasteiger partial charge in [0.05, 0.1) is 15.5 Å². The summed E-state index contributed by atoms with van der Waals surface area (Å²) in [7, 11) is -1.35. The van der Waals surface area contributed by atoms with Crippen LogP contribution in [0.1, 0.15) is 41.5 Å². The average molecular weight is 325 g/mol. The van der Waals surface area contributed by atoms with Gasteiger partial charge < -0.3 is 0 Å². The summed E-state index contributed by atoms with van der Waals surface area (Å²) in [5.41, 5.74) is 2.66. The topological polar surface area (TPSA) is 0 Å². The highest BCUT2D eigenvalue weighted by atomic mass is 31.6. The maximum atomic E-state index is 2.59. The van der Waals surface area contributed by atoms with Gasteiger partial charge in [0.15, 0.2) is 0 Å². The van der Waals surface area contributed by atoms with E-state index in [4.69, 9.17) is 0 Å². The molecule has 0 amide bonds. The zero-order chi connectivity index (χ0) is 15.6. The molecular weight excluding hydrogens is 291 g/mol. The van der Waals surface area contributed by atoms with Gasteiger partial charge in [0.25, 0.3) is 0 Å². The molecule has 0 bridgehead atoms. The van der Waals surface area contributed by atoms with Gasteiger partial charge in [-0.3, -0.25) is 0 Å². The van der Waals surface area contributed by atoms with E-state index in [1.165, 1.54) is 7.68 Å². The van der Waals surface area contributed by atoms with Gasteiger partial charge in [-0.15, -0.1) is 7.68 Å². The second-order valence-corrected chi connectivity index (χ2v) is 26.3. The first-order chi connectivity index (χ1) is 9.14. The van der Waals surface area contributed by atoms with Gasteiger partial charge in [-0.1, -0.05) is 90.2 Å². The van der Waals surface area contributed by atoms with Crippen LogP contribution in [0.2, 0.25) is 29.7 Å². The normalized spacial score (nSPS) is 14.2. The van der Waals surface area contributed by atoms with Crippen molar-refractivity contribution in [3.63, 3.8) is 0 Å². The highest BCUT2D eigenvalue weighted by molar-refractivity contribution is 8.09. The summed E-state index contributed by atoms with van der Waals surface area (Å²) in [5, 5.41) is 1.65. The van der Waals surface area contributed by atoms with Crippen LogP contribution in [0.15, 0.2) is 30.3 Å². The molecular formula is C17H33PSi2. The standard InChI is InChI=1S/C17H33PSi2/c1-14(2)20(15(3)4,16(5)6)18-19(7,8)17-12-10-9-11-13-17/h9-16,18H,1-8H3. The van der Waals surface area contributed by atoms with Gasteiger partial charge in [-0.05, 0) is 16.6 Å². The summed E-state index contributed by atoms with van der Waals surface area (Å²) >= 11 is 0. The van der Waals surface area contributed by atoms with Crippen LogP contribution in [0.4, 0.5) is 0 Å². The molecule has 0 aliphatic carbocycles. The van der Waals surface area contributed by atoms with E-state index in [0.29, 0.717) is 0 Å². The van der Waals surface area contributed by atoms with Gasteiger partial charge >= 0.3 is 0 Å².